The van der Waals surface area contributed by atoms with Crippen LogP contribution in [0.1, 0.15) is 38.5 Å². The molecule has 13 heteroatoms. The Labute approximate surface area is 175 Å². The highest BCUT2D eigenvalue weighted by atomic mass is 79.9. The lowest BCUT2D eigenvalue weighted by Crippen LogP contribution is -2.07. The molecule has 0 atom stereocenters. The molecule has 2 aromatic rings. The lowest BCUT2D eigenvalue weighted by Gasteiger charge is -2.02. The Morgan fingerprint density at radius 1 is 0.967 bits per heavy atom. The van der Waals surface area contributed by atoms with E-state index in [9.17, 15) is 43.4 Å². The number of nitro benzene ring substituents is 2. The van der Waals surface area contributed by atoms with Gasteiger partial charge in [0.05, 0.1) is 50.3 Å². The topological polar surface area (TPSA) is 147 Å². The number of rotatable bonds is 5. The Hall–Kier alpha value is -3.61. The van der Waals surface area contributed by atoms with Crippen LogP contribution in [-0.4, -0.2) is 35.5 Å². The van der Waals surface area contributed by atoms with Crippen molar-refractivity contribution < 1.29 is 37.7 Å². The van der Waals surface area contributed by atoms with E-state index in [0.29, 0.717) is 18.4 Å². The van der Waals surface area contributed by atoms with Gasteiger partial charge in [-0.25, -0.2) is 13.6 Å². The maximum absolute atomic E-state index is 13.2. The number of carbonyl (C=O) groups is 3. The van der Waals surface area contributed by atoms with Crippen LogP contribution in [-0.2, 0) is 4.74 Å². The van der Waals surface area contributed by atoms with Gasteiger partial charge in [-0.05, 0) is 28.1 Å². The van der Waals surface area contributed by atoms with Gasteiger partial charge in [0.25, 0.3) is 11.4 Å². The normalized spacial score (nSPS) is 9.33. The Bertz CT molecular complexity index is 1010. The van der Waals surface area contributed by atoms with Crippen LogP contribution in [0.2, 0.25) is 0 Å². The number of hydrogen-bond donors (Lipinski definition) is 0. The molecule has 0 aromatic heterocycles. The fourth-order valence-electron chi connectivity index (χ4n) is 1.90. The van der Waals surface area contributed by atoms with Crippen LogP contribution in [0.15, 0.2) is 28.7 Å². The van der Waals surface area contributed by atoms with E-state index in [2.05, 4.69) is 20.7 Å². The molecule has 0 heterocycles. The lowest BCUT2D eigenvalue weighted by molar-refractivity contribution is -0.385. The molecule has 0 amide bonds. The van der Waals surface area contributed by atoms with Crippen molar-refractivity contribution in [3.05, 3.63) is 77.3 Å². The van der Waals surface area contributed by atoms with Gasteiger partial charge in [-0.15, -0.1) is 0 Å². The predicted octanol–water partition coefficient (Wildman–Crippen LogP) is 4.28. The Balaban J connectivity index is 0.000000553. The second-order valence-electron chi connectivity index (χ2n) is 4.96. The van der Waals surface area contributed by atoms with Crippen molar-refractivity contribution in [2.45, 2.75) is 7.43 Å². The molecule has 0 spiro atoms. The molecule has 160 valence electrons. The van der Waals surface area contributed by atoms with Crippen LogP contribution in [0.4, 0.5) is 20.2 Å². The molecule has 10 nitrogen and oxygen atoms in total. The van der Waals surface area contributed by atoms with Crippen LogP contribution < -0.4 is 0 Å². The zero-order valence-corrected chi connectivity index (χ0v) is 15.8. The first-order valence-corrected chi connectivity index (χ1v) is 7.96. The third kappa shape index (κ3) is 6.20. The number of nitro groups is 2. The first-order valence-electron chi connectivity index (χ1n) is 7.17. The molecular weight excluding hydrogens is 478 g/mol. The Morgan fingerprint density at radius 3 is 1.80 bits per heavy atom. The molecule has 30 heavy (non-hydrogen) atoms. The van der Waals surface area contributed by atoms with Crippen LogP contribution in [0.5, 0.6) is 0 Å². The second kappa shape index (κ2) is 11.4. The lowest BCUT2D eigenvalue weighted by atomic mass is 10.1. The van der Waals surface area contributed by atoms with E-state index in [1.54, 1.807) is 0 Å². The van der Waals surface area contributed by atoms with Gasteiger partial charge >= 0.3 is 5.97 Å². The summed E-state index contributed by atoms with van der Waals surface area (Å²) in [5, 5.41) is 20.8. The standard InChI is InChI=1S/C9H6FNO5.C7H3BrFNO3.CH4/c1-16-9(13)6-2-5(4-12)8(11(14)15)3-7(6)10;8-5-1-4(3-11)7(10(12)13)2-6(5)9;/h2-4H,1H3;1-3H;1H4. The smallest absolute Gasteiger partial charge is 0.340 e. The molecule has 0 saturated carbocycles. The molecule has 0 N–H and O–H groups in total. The SMILES string of the molecule is C.COC(=O)c1cc(C=O)c([N+](=O)[O-])cc1F.O=Cc1cc(Br)c(F)cc1[N+](=O)[O-]. The summed E-state index contributed by atoms with van der Waals surface area (Å²) in [7, 11) is 1.03. The highest BCUT2D eigenvalue weighted by molar-refractivity contribution is 9.10. The fourth-order valence-corrected chi connectivity index (χ4v) is 2.26. The number of hydrogen-bond acceptors (Lipinski definition) is 8. The van der Waals surface area contributed by atoms with Crippen molar-refractivity contribution >= 4 is 45.8 Å². The van der Waals surface area contributed by atoms with E-state index in [-0.39, 0.29) is 29.3 Å². The molecule has 0 fully saturated rings. The third-order valence-electron chi connectivity index (χ3n) is 3.24. The van der Waals surface area contributed by atoms with Crippen molar-refractivity contribution in [1.29, 1.82) is 0 Å². The average Bonchev–Trinajstić information content (AvgIpc) is 2.69. The number of benzene rings is 2. The summed E-state index contributed by atoms with van der Waals surface area (Å²) < 4.78 is 30.3. The van der Waals surface area contributed by atoms with Crippen molar-refractivity contribution in [2.75, 3.05) is 7.11 Å². The molecule has 0 aliphatic heterocycles. The molecule has 0 aliphatic carbocycles. The van der Waals surface area contributed by atoms with Crippen LogP contribution >= 0.6 is 15.9 Å². The monoisotopic (exact) mass is 490 g/mol. The van der Waals surface area contributed by atoms with E-state index < -0.39 is 44.4 Å². The summed E-state index contributed by atoms with van der Waals surface area (Å²) in [6, 6.07) is 3.07. The molecule has 2 aromatic carbocycles. The number of nitrogens with zero attached hydrogens (tertiary/aromatic N) is 2. The van der Waals surface area contributed by atoms with E-state index in [4.69, 9.17) is 0 Å². The predicted molar refractivity (Wildman–Crippen MR) is 103 cm³/mol. The first kappa shape index (κ1) is 26.4. The Morgan fingerprint density at radius 2 is 1.40 bits per heavy atom. The fraction of sp³-hybridized carbons (Fsp3) is 0.118. The van der Waals surface area contributed by atoms with E-state index in [0.717, 1.165) is 19.2 Å². The number of methoxy groups -OCH3 is 1. The largest absolute Gasteiger partial charge is 0.465 e. The van der Waals surface area contributed by atoms with Gasteiger partial charge in [0, 0.05) is 0 Å². The Kier molecular flexibility index (Phi) is 10.0. The van der Waals surface area contributed by atoms with Gasteiger partial charge in [-0.1, -0.05) is 7.43 Å². The molecule has 2 rings (SSSR count). The van der Waals surface area contributed by atoms with Gasteiger partial charge in [-0.3, -0.25) is 29.8 Å². The van der Waals surface area contributed by atoms with Crippen LogP contribution in [0.25, 0.3) is 0 Å². The molecule has 0 aliphatic rings. The van der Waals surface area contributed by atoms with Gasteiger partial charge in [0.2, 0.25) is 0 Å². The van der Waals surface area contributed by atoms with Crippen molar-refractivity contribution in [3.8, 4) is 0 Å². The molecule has 0 unspecified atom stereocenters. The highest BCUT2D eigenvalue weighted by Crippen LogP contribution is 2.25. The molecular formula is C17H13BrF2N2O8. The van der Waals surface area contributed by atoms with Crippen LogP contribution in [0.3, 0.4) is 0 Å². The van der Waals surface area contributed by atoms with Crippen molar-refractivity contribution in [3.63, 3.8) is 0 Å². The maximum atomic E-state index is 13.2. The molecule has 0 saturated heterocycles. The van der Waals surface area contributed by atoms with Crippen LogP contribution in [0, 0.1) is 31.9 Å². The zero-order chi connectivity index (χ0) is 22.3. The summed E-state index contributed by atoms with van der Waals surface area (Å²) in [6.07, 6.45) is 0.479. The molecule has 0 bridgehead atoms. The average molecular weight is 491 g/mol. The van der Waals surface area contributed by atoms with E-state index >= 15 is 0 Å². The maximum Gasteiger partial charge on any atom is 0.340 e. The quantitative estimate of drug-likeness (QED) is 0.261. The number of esters is 1. The number of halogens is 3. The summed E-state index contributed by atoms with van der Waals surface area (Å²) in [4.78, 5) is 51.0. The van der Waals surface area contributed by atoms with Gasteiger partial charge < -0.3 is 4.74 Å². The second-order valence-corrected chi connectivity index (χ2v) is 5.81. The summed E-state index contributed by atoms with van der Waals surface area (Å²) in [5.74, 6) is -2.88. The first-order chi connectivity index (χ1) is 13.6. The minimum absolute atomic E-state index is 0. The van der Waals surface area contributed by atoms with Crippen molar-refractivity contribution in [1.82, 2.24) is 0 Å². The zero-order valence-electron chi connectivity index (χ0n) is 14.3. The summed E-state index contributed by atoms with van der Waals surface area (Å²) >= 11 is 2.81. The minimum atomic E-state index is -1.11. The highest BCUT2D eigenvalue weighted by Gasteiger charge is 2.21. The molecule has 0 radical (unpaired) electrons. The van der Waals surface area contributed by atoms with E-state index in [1.807, 2.05) is 0 Å². The number of ether oxygens (including phenoxy) is 1. The van der Waals surface area contributed by atoms with Gasteiger partial charge in [0.15, 0.2) is 12.6 Å². The minimum Gasteiger partial charge on any atom is -0.465 e. The van der Waals surface area contributed by atoms with Crippen molar-refractivity contribution in [2.24, 2.45) is 0 Å². The van der Waals surface area contributed by atoms with Gasteiger partial charge in [0.1, 0.15) is 11.6 Å². The van der Waals surface area contributed by atoms with E-state index in [1.165, 1.54) is 0 Å². The number of carbonyl (C=O) groups excluding carboxylic acids is 3. The third-order valence-corrected chi connectivity index (χ3v) is 3.85. The summed E-state index contributed by atoms with van der Waals surface area (Å²) in [6.45, 7) is 0. The van der Waals surface area contributed by atoms with Gasteiger partial charge in [-0.2, -0.15) is 0 Å². The number of aldehydes is 2. The summed E-state index contributed by atoms with van der Waals surface area (Å²) in [5.41, 5.74) is -2.28.